The minimum Gasteiger partial charge on any atom is -0.330 e. The molecule has 0 radical (unpaired) electrons. The normalized spacial score (nSPS) is 24.6. The van der Waals surface area contributed by atoms with Gasteiger partial charge in [-0.15, -0.1) is 0 Å². The predicted molar refractivity (Wildman–Crippen MR) is 92.8 cm³/mol. The maximum atomic E-state index is 6.08. The van der Waals surface area contributed by atoms with Gasteiger partial charge in [0.2, 0.25) is 0 Å². The van der Waals surface area contributed by atoms with Crippen LogP contribution in [0.1, 0.15) is 44.2 Å². The third-order valence-electron chi connectivity index (χ3n) is 4.21. The van der Waals surface area contributed by atoms with Crippen molar-refractivity contribution >= 4 is 31.9 Å². The molecule has 1 aliphatic rings. The minimum atomic E-state index is 0.465. The van der Waals surface area contributed by atoms with Gasteiger partial charge in [0.05, 0.1) is 0 Å². The third kappa shape index (κ3) is 3.85. The van der Waals surface area contributed by atoms with Crippen molar-refractivity contribution in [3.63, 3.8) is 0 Å². The Hall–Kier alpha value is 0.1000. The second kappa shape index (κ2) is 7.92. The summed E-state index contributed by atoms with van der Waals surface area (Å²) in [5.41, 5.74) is 7.47. The molecule has 1 fully saturated rings. The first-order chi connectivity index (χ1) is 9.67. The van der Waals surface area contributed by atoms with E-state index >= 15 is 0 Å². The Kier molecular flexibility index (Phi) is 6.53. The molecule has 2 rings (SSSR count). The van der Waals surface area contributed by atoms with Crippen LogP contribution in [-0.2, 0) is 0 Å². The van der Waals surface area contributed by atoms with E-state index in [0.717, 1.165) is 22.0 Å². The summed E-state index contributed by atoms with van der Waals surface area (Å²) in [6, 6.07) is 7.11. The van der Waals surface area contributed by atoms with Crippen LogP contribution in [0.25, 0.3) is 0 Å². The van der Waals surface area contributed by atoms with Crippen molar-refractivity contribution in [3.05, 3.63) is 32.7 Å². The Morgan fingerprint density at radius 1 is 1.25 bits per heavy atom. The lowest BCUT2D eigenvalue weighted by Gasteiger charge is -2.35. The second-order valence-corrected chi connectivity index (χ2v) is 7.35. The van der Waals surface area contributed by atoms with Crippen LogP contribution in [0, 0.1) is 5.92 Å². The van der Waals surface area contributed by atoms with E-state index in [1.54, 1.807) is 0 Å². The minimum absolute atomic E-state index is 0.465. The zero-order valence-electron chi connectivity index (χ0n) is 12.1. The molecule has 1 heterocycles. The van der Waals surface area contributed by atoms with Crippen LogP contribution >= 0.6 is 31.9 Å². The van der Waals surface area contributed by atoms with Gasteiger partial charge in [-0.2, -0.15) is 0 Å². The van der Waals surface area contributed by atoms with Gasteiger partial charge in [-0.3, -0.25) is 4.90 Å². The Morgan fingerprint density at radius 3 is 2.70 bits per heavy atom. The Morgan fingerprint density at radius 2 is 2.05 bits per heavy atom. The van der Waals surface area contributed by atoms with Crippen LogP contribution < -0.4 is 5.73 Å². The van der Waals surface area contributed by atoms with Crippen molar-refractivity contribution in [3.8, 4) is 0 Å². The van der Waals surface area contributed by atoms with Crippen molar-refractivity contribution in [1.82, 2.24) is 4.90 Å². The van der Waals surface area contributed by atoms with Gasteiger partial charge in [-0.25, -0.2) is 0 Å². The number of likely N-dealkylation sites (tertiary alicyclic amines) is 1. The Labute approximate surface area is 139 Å². The maximum Gasteiger partial charge on any atom is 0.0388 e. The molecule has 1 aromatic carbocycles. The summed E-state index contributed by atoms with van der Waals surface area (Å²) in [7, 11) is 0. The van der Waals surface area contributed by atoms with E-state index in [1.807, 2.05) is 0 Å². The largest absolute Gasteiger partial charge is 0.330 e. The van der Waals surface area contributed by atoms with Gasteiger partial charge in [0.1, 0.15) is 0 Å². The number of nitrogens with two attached hydrogens (primary N) is 1. The highest BCUT2D eigenvalue weighted by atomic mass is 79.9. The number of benzene rings is 1. The molecule has 20 heavy (non-hydrogen) atoms. The van der Waals surface area contributed by atoms with E-state index in [2.05, 4.69) is 61.9 Å². The average Bonchev–Trinajstić information content (AvgIpc) is 2.64. The molecule has 2 N–H and O–H groups in total. The molecular formula is C16H24Br2N2. The molecular weight excluding hydrogens is 380 g/mol. The molecule has 1 aromatic rings. The fourth-order valence-electron chi connectivity index (χ4n) is 3.28. The number of rotatable bonds is 4. The van der Waals surface area contributed by atoms with Crippen LogP contribution in [0.2, 0.25) is 0 Å². The zero-order valence-corrected chi connectivity index (χ0v) is 15.3. The summed E-state index contributed by atoms with van der Waals surface area (Å²) in [5, 5.41) is 0. The Balaban J connectivity index is 2.34. The van der Waals surface area contributed by atoms with E-state index in [1.165, 1.54) is 37.8 Å². The van der Waals surface area contributed by atoms with Crippen LogP contribution in [0.3, 0.4) is 0 Å². The molecule has 0 aromatic heterocycles. The third-order valence-corrected chi connectivity index (χ3v) is 6.09. The molecule has 0 aliphatic carbocycles. The van der Waals surface area contributed by atoms with E-state index in [0.29, 0.717) is 12.0 Å². The molecule has 2 atom stereocenters. The highest BCUT2D eigenvalue weighted by Gasteiger charge is 2.29. The number of nitrogens with zero attached hydrogens (tertiary/aromatic N) is 1. The molecule has 0 spiro atoms. The number of halogens is 2. The summed E-state index contributed by atoms with van der Waals surface area (Å²) < 4.78 is 2.24. The first-order valence-electron chi connectivity index (χ1n) is 7.56. The summed E-state index contributed by atoms with van der Waals surface area (Å²) in [5.74, 6) is 0.567. The second-order valence-electron chi connectivity index (χ2n) is 5.65. The first kappa shape index (κ1) is 16.5. The molecule has 1 saturated heterocycles. The standard InChI is InChI=1S/C16H24Br2N2/c1-2-8-20-9-4-3-5-13(11-19)16(20)12-6-7-14(17)15(18)10-12/h6-7,10,13,16H,2-5,8-9,11,19H2,1H3. The fraction of sp³-hybridized carbons (Fsp3) is 0.625. The van der Waals surface area contributed by atoms with E-state index in [4.69, 9.17) is 5.73 Å². The van der Waals surface area contributed by atoms with Gasteiger partial charge in [0, 0.05) is 15.0 Å². The van der Waals surface area contributed by atoms with E-state index in [-0.39, 0.29) is 0 Å². The fourth-order valence-corrected chi connectivity index (χ4v) is 3.92. The van der Waals surface area contributed by atoms with Gasteiger partial charge in [-0.1, -0.05) is 19.4 Å². The van der Waals surface area contributed by atoms with Gasteiger partial charge in [0.25, 0.3) is 0 Å². The van der Waals surface area contributed by atoms with Crippen molar-refractivity contribution < 1.29 is 0 Å². The molecule has 0 saturated carbocycles. The molecule has 4 heteroatoms. The lowest BCUT2D eigenvalue weighted by molar-refractivity contribution is 0.158. The van der Waals surface area contributed by atoms with Gasteiger partial charge in [0.15, 0.2) is 0 Å². The molecule has 1 aliphatic heterocycles. The predicted octanol–water partition coefficient (Wildman–Crippen LogP) is 4.72. The van der Waals surface area contributed by atoms with E-state index < -0.39 is 0 Å². The van der Waals surface area contributed by atoms with Crippen LogP contribution in [0.5, 0.6) is 0 Å². The Bertz CT molecular complexity index is 436. The van der Waals surface area contributed by atoms with Crippen molar-refractivity contribution in [2.45, 2.75) is 38.6 Å². The summed E-state index contributed by atoms with van der Waals surface area (Å²) in [6.45, 7) is 5.40. The monoisotopic (exact) mass is 402 g/mol. The van der Waals surface area contributed by atoms with E-state index in [9.17, 15) is 0 Å². The lowest BCUT2D eigenvalue weighted by Crippen LogP contribution is -2.36. The van der Waals surface area contributed by atoms with Crippen molar-refractivity contribution in [2.75, 3.05) is 19.6 Å². The molecule has 112 valence electrons. The van der Waals surface area contributed by atoms with Gasteiger partial charge in [-0.05, 0) is 94.4 Å². The SMILES string of the molecule is CCCN1CCCCC(CN)C1c1ccc(Br)c(Br)c1. The molecule has 2 nitrogen and oxygen atoms in total. The first-order valence-corrected chi connectivity index (χ1v) is 9.15. The highest BCUT2D eigenvalue weighted by Crippen LogP contribution is 2.37. The number of hydrogen-bond donors (Lipinski definition) is 1. The smallest absolute Gasteiger partial charge is 0.0388 e. The summed E-state index contributed by atoms with van der Waals surface area (Å²) in [4.78, 5) is 2.64. The van der Waals surface area contributed by atoms with Crippen molar-refractivity contribution in [2.24, 2.45) is 11.7 Å². The molecule has 0 bridgehead atoms. The van der Waals surface area contributed by atoms with Crippen LogP contribution in [0.4, 0.5) is 0 Å². The maximum absolute atomic E-state index is 6.08. The number of hydrogen-bond acceptors (Lipinski definition) is 2. The molecule has 2 unspecified atom stereocenters. The topological polar surface area (TPSA) is 29.3 Å². The van der Waals surface area contributed by atoms with Crippen LogP contribution in [-0.4, -0.2) is 24.5 Å². The quantitative estimate of drug-likeness (QED) is 0.787. The zero-order chi connectivity index (χ0) is 14.5. The highest BCUT2D eigenvalue weighted by molar-refractivity contribution is 9.13. The van der Waals surface area contributed by atoms with Crippen molar-refractivity contribution in [1.29, 1.82) is 0 Å². The molecule has 0 amide bonds. The lowest BCUT2D eigenvalue weighted by atomic mass is 9.89. The van der Waals surface area contributed by atoms with Crippen LogP contribution in [0.15, 0.2) is 27.1 Å². The summed E-state index contributed by atoms with van der Waals surface area (Å²) >= 11 is 7.20. The van der Waals surface area contributed by atoms with Gasteiger partial charge >= 0.3 is 0 Å². The van der Waals surface area contributed by atoms with Gasteiger partial charge < -0.3 is 5.73 Å². The summed E-state index contributed by atoms with van der Waals surface area (Å²) in [6.07, 6.45) is 5.04. The average molecular weight is 404 g/mol.